The molecule has 0 aliphatic rings. The molecule has 0 unspecified atom stereocenters. The van der Waals surface area contributed by atoms with Crippen LogP contribution in [0.2, 0.25) is 0 Å². The SMILES string of the molecule is CCc1c(CN(C)CC(=O)O)cccc1-c1cnc(-c2ccc(OC(C)C)c(C#N)c2)s1. The molecule has 1 N–H and O–H groups in total. The molecular weight excluding hydrogens is 422 g/mol. The van der Waals surface area contributed by atoms with Crippen LogP contribution in [0.3, 0.4) is 0 Å². The van der Waals surface area contributed by atoms with Gasteiger partial charge in [0, 0.05) is 18.3 Å². The molecule has 0 radical (unpaired) electrons. The Labute approximate surface area is 192 Å². The first-order chi connectivity index (χ1) is 15.3. The van der Waals surface area contributed by atoms with Crippen LogP contribution < -0.4 is 4.74 Å². The highest BCUT2D eigenvalue weighted by Gasteiger charge is 2.15. The Morgan fingerprint density at radius 2 is 2.09 bits per heavy atom. The standard InChI is InChI=1S/C25H27N3O3S/c1-5-20-18(14-28(4)15-24(29)30)7-6-8-21(20)23-13-27-25(32-23)17-9-10-22(31-16(2)3)19(11-17)12-26/h6-11,13,16H,5,14-15H2,1-4H3,(H,29,30). The molecule has 0 bridgehead atoms. The number of likely N-dealkylation sites (N-methyl/N-ethyl adjacent to an activating group) is 1. The molecule has 0 fully saturated rings. The number of hydrogen-bond donors (Lipinski definition) is 1. The number of ether oxygens (including phenoxy) is 1. The highest BCUT2D eigenvalue weighted by atomic mass is 32.1. The van der Waals surface area contributed by atoms with Crippen molar-refractivity contribution in [2.45, 2.75) is 39.8 Å². The quantitative estimate of drug-likeness (QED) is 0.482. The van der Waals surface area contributed by atoms with Gasteiger partial charge in [0.2, 0.25) is 0 Å². The molecule has 0 atom stereocenters. The van der Waals surface area contributed by atoms with Crippen LogP contribution in [0.1, 0.15) is 37.5 Å². The number of nitrogens with zero attached hydrogens (tertiary/aromatic N) is 3. The van der Waals surface area contributed by atoms with Gasteiger partial charge in [-0.15, -0.1) is 11.3 Å². The fourth-order valence-electron chi connectivity index (χ4n) is 3.65. The summed E-state index contributed by atoms with van der Waals surface area (Å²) in [5, 5.41) is 19.4. The summed E-state index contributed by atoms with van der Waals surface area (Å²) in [6, 6.07) is 13.9. The van der Waals surface area contributed by atoms with E-state index in [1.807, 2.05) is 51.4 Å². The van der Waals surface area contributed by atoms with E-state index in [1.54, 1.807) is 16.2 Å². The summed E-state index contributed by atoms with van der Waals surface area (Å²) >= 11 is 1.58. The van der Waals surface area contributed by atoms with E-state index in [1.165, 1.54) is 5.56 Å². The lowest BCUT2D eigenvalue weighted by molar-refractivity contribution is -0.138. The minimum atomic E-state index is -0.838. The molecule has 0 aliphatic carbocycles. The molecule has 7 heteroatoms. The minimum Gasteiger partial charge on any atom is -0.490 e. The molecule has 1 aromatic heterocycles. The number of carbonyl (C=O) groups is 1. The van der Waals surface area contributed by atoms with E-state index in [-0.39, 0.29) is 12.6 Å². The monoisotopic (exact) mass is 449 g/mol. The van der Waals surface area contributed by atoms with E-state index < -0.39 is 5.97 Å². The van der Waals surface area contributed by atoms with Gasteiger partial charge in [-0.3, -0.25) is 9.69 Å². The summed E-state index contributed by atoms with van der Waals surface area (Å²) in [7, 11) is 1.81. The molecule has 3 aromatic rings. The molecule has 2 aromatic carbocycles. The van der Waals surface area contributed by atoms with Crippen LogP contribution in [0, 0.1) is 11.3 Å². The highest BCUT2D eigenvalue weighted by Crippen LogP contribution is 2.36. The maximum absolute atomic E-state index is 11.0. The zero-order valence-corrected chi connectivity index (χ0v) is 19.6. The summed E-state index contributed by atoms with van der Waals surface area (Å²) in [5.74, 6) is -0.259. The maximum atomic E-state index is 11.0. The maximum Gasteiger partial charge on any atom is 0.317 e. The van der Waals surface area contributed by atoms with E-state index in [0.717, 1.165) is 33.0 Å². The van der Waals surface area contributed by atoms with E-state index in [9.17, 15) is 10.1 Å². The summed E-state index contributed by atoms with van der Waals surface area (Å²) < 4.78 is 5.72. The average molecular weight is 450 g/mol. The number of benzene rings is 2. The second-order valence-electron chi connectivity index (χ2n) is 7.88. The minimum absolute atomic E-state index is 0.00413. The van der Waals surface area contributed by atoms with Crippen LogP contribution in [-0.4, -0.2) is 40.7 Å². The van der Waals surface area contributed by atoms with Gasteiger partial charge in [0.15, 0.2) is 0 Å². The Bertz CT molecular complexity index is 1150. The number of hydrogen-bond acceptors (Lipinski definition) is 6. The Hall–Kier alpha value is -3.21. The fraction of sp³-hybridized carbons (Fsp3) is 0.320. The third kappa shape index (κ3) is 5.52. The third-order valence-corrected chi connectivity index (χ3v) is 6.03. The predicted octanol–water partition coefficient (Wildman–Crippen LogP) is 5.21. The zero-order valence-electron chi connectivity index (χ0n) is 18.8. The van der Waals surface area contributed by atoms with Crippen LogP contribution in [-0.2, 0) is 17.8 Å². The van der Waals surface area contributed by atoms with Crippen molar-refractivity contribution in [3.63, 3.8) is 0 Å². The molecular formula is C25H27N3O3S. The number of aliphatic carboxylic acids is 1. The van der Waals surface area contributed by atoms with Crippen molar-refractivity contribution < 1.29 is 14.6 Å². The number of rotatable bonds is 9. The Morgan fingerprint density at radius 3 is 2.75 bits per heavy atom. The van der Waals surface area contributed by atoms with Crippen molar-refractivity contribution in [3.8, 4) is 32.8 Å². The molecule has 3 rings (SSSR count). The lowest BCUT2D eigenvalue weighted by Crippen LogP contribution is -2.25. The average Bonchev–Trinajstić information content (AvgIpc) is 3.23. The van der Waals surface area contributed by atoms with Crippen molar-refractivity contribution in [2.75, 3.05) is 13.6 Å². The van der Waals surface area contributed by atoms with Gasteiger partial charge < -0.3 is 9.84 Å². The second kappa shape index (κ2) is 10.4. The molecule has 166 valence electrons. The van der Waals surface area contributed by atoms with Crippen LogP contribution in [0.5, 0.6) is 5.75 Å². The molecule has 0 spiro atoms. The Morgan fingerprint density at radius 1 is 1.31 bits per heavy atom. The molecule has 32 heavy (non-hydrogen) atoms. The van der Waals surface area contributed by atoms with Crippen LogP contribution in [0.15, 0.2) is 42.6 Å². The van der Waals surface area contributed by atoms with Gasteiger partial charge in [0.1, 0.15) is 16.8 Å². The summed E-state index contributed by atoms with van der Waals surface area (Å²) in [6.07, 6.45) is 2.69. The van der Waals surface area contributed by atoms with Gasteiger partial charge in [-0.25, -0.2) is 4.98 Å². The second-order valence-corrected chi connectivity index (χ2v) is 8.91. The van der Waals surface area contributed by atoms with Crippen LogP contribution in [0.4, 0.5) is 0 Å². The normalized spacial score (nSPS) is 11.0. The van der Waals surface area contributed by atoms with E-state index >= 15 is 0 Å². The number of carboxylic acid groups (broad SMARTS) is 1. The Kier molecular flexibility index (Phi) is 7.62. The topological polar surface area (TPSA) is 86.5 Å². The fourth-order valence-corrected chi connectivity index (χ4v) is 4.61. The summed E-state index contributed by atoms with van der Waals surface area (Å²) in [6.45, 7) is 6.53. The third-order valence-electron chi connectivity index (χ3n) is 4.95. The smallest absolute Gasteiger partial charge is 0.317 e. The molecule has 0 amide bonds. The van der Waals surface area contributed by atoms with Gasteiger partial charge in [0.25, 0.3) is 0 Å². The molecule has 0 saturated heterocycles. The number of aromatic nitrogens is 1. The van der Waals surface area contributed by atoms with Crippen molar-refractivity contribution in [1.29, 1.82) is 5.26 Å². The highest BCUT2D eigenvalue weighted by molar-refractivity contribution is 7.18. The molecule has 1 heterocycles. The lowest BCUT2D eigenvalue weighted by atomic mass is 9.97. The number of nitriles is 1. The van der Waals surface area contributed by atoms with Crippen molar-refractivity contribution in [1.82, 2.24) is 9.88 Å². The first-order valence-electron chi connectivity index (χ1n) is 10.5. The first-order valence-corrected chi connectivity index (χ1v) is 11.3. The molecule has 0 saturated carbocycles. The summed E-state index contributed by atoms with van der Waals surface area (Å²) in [5.41, 5.74) is 4.79. The Balaban J connectivity index is 1.92. The number of carboxylic acids is 1. The van der Waals surface area contributed by atoms with Crippen molar-refractivity contribution in [3.05, 3.63) is 59.3 Å². The molecule has 6 nitrogen and oxygen atoms in total. The van der Waals surface area contributed by atoms with E-state index in [4.69, 9.17) is 9.84 Å². The van der Waals surface area contributed by atoms with E-state index in [0.29, 0.717) is 17.9 Å². The lowest BCUT2D eigenvalue weighted by Gasteiger charge is -2.18. The van der Waals surface area contributed by atoms with Gasteiger partial charge >= 0.3 is 5.97 Å². The van der Waals surface area contributed by atoms with Crippen LogP contribution >= 0.6 is 11.3 Å². The van der Waals surface area contributed by atoms with Gasteiger partial charge in [-0.2, -0.15) is 5.26 Å². The zero-order chi connectivity index (χ0) is 23.3. The van der Waals surface area contributed by atoms with Gasteiger partial charge in [-0.1, -0.05) is 25.1 Å². The van der Waals surface area contributed by atoms with Gasteiger partial charge in [0.05, 0.1) is 23.1 Å². The summed E-state index contributed by atoms with van der Waals surface area (Å²) in [4.78, 5) is 18.5. The van der Waals surface area contributed by atoms with E-state index in [2.05, 4.69) is 30.1 Å². The largest absolute Gasteiger partial charge is 0.490 e. The van der Waals surface area contributed by atoms with Crippen molar-refractivity contribution >= 4 is 17.3 Å². The number of thiazole rings is 1. The first kappa shape index (κ1) is 23.5. The predicted molar refractivity (Wildman–Crippen MR) is 127 cm³/mol. The van der Waals surface area contributed by atoms with Crippen LogP contribution in [0.25, 0.3) is 21.0 Å². The molecule has 0 aliphatic heterocycles. The van der Waals surface area contributed by atoms with Crippen molar-refractivity contribution in [2.24, 2.45) is 0 Å². The van der Waals surface area contributed by atoms with Gasteiger partial charge in [-0.05, 0) is 62.2 Å².